The minimum Gasteiger partial charge on any atom is -0.396 e. The summed E-state index contributed by atoms with van der Waals surface area (Å²) in [5.74, 6) is 1.25. The van der Waals surface area contributed by atoms with Gasteiger partial charge in [-0.25, -0.2) is 0 Å². The summed E-state index contributed by atoms with van der Waals surface area (Å²) in [6, 6.07) is 0. The summed E-state index contributed by atoms with van der Waals surface area (Å²) < 4.78 is 0. The van der Waals surface area contributed by atoms with Gasteiger partial charge in [0.25, 0.3) is 0 Å². The summed E-state index contributed by atoms with van der Waals surface area (Å²) in [6.07, 6.45) is 9.02. The number of nitrogens with one attached hydrogen (secondary N) is 3. The molecule has 6 nitrogen and oxygen atoms in total. The second kappa shape index (κ2) is 9.87. The number of guanidine groups is 1. The molecule has 2 aliphatic rings. The molecule has 2 fully saturated rings. The highest BCUT2D eigenvalue weighted by Crippen LogP contribution is 2.39. The molecule has 2 rings (SSSR count). The van der Waals surface area contributed by atoms with Gasteiger partial charge >= 0.3 is 0 Å². The molecule has 0 spiro atoms. The number of rotatable bonds is 9. The van der Waals surface area contributed by atoms with E-state index in [0.717, 1.165) is 51.2 Å². The Morgan fingerprint density at radius 2 is 1.83 bits per heavy atom. The first-order valence-corrected chi connectivity index (χ1v) is 9.60. The van der Waals surface area contributed by atoms with Crippen LogP contribution in [0.3, 0.4) is 0 Å². The molecular formula is C18H34N4O2. The van der Waals surface area contributed by atoms with Gasteiger partial charge in [0.15, 0.2) is 5.96 Å². The van der Waals surface area contributed by atoms with Crippen molar-refractivity contribution in [2.24, 2.45) is 16.3 Å². The van der Waals surface area contributed by atoms with Crippen molar-refractivity contribution >= 4 is 11.9 Å². The van der Waals surface area contributed by atoms with Crippen molar-refractivity contribution in [2.75, 3.05) is 32.8 Å². The van der Waals surface area contributed by atoms with Crippen molar-refractivity contribution in [1.29, 1.82) is 0 Å². The Bertz CT molecular complexity index is 410. The summed E-state index contributed by atoms with van der Waals surface area (Å²) in [5.41, 5.74) is 0.162. The van der Waals surface area contributed by atoms with Gasteiger partial charge in [-0.05, 0) is 44.4 Å². The number of aliphatic hydroxyl groups is 1. The monoisotopic (exact) mass is 338 g/mol. The van der Waals surface area contributed by atoms with Crippen LogP contribution in [0, 0.1) is 11.3 Å². The number of nitrogens with zero attached hydrogens (tertiary/aromatic N) is 1. The van der Waals surface area contributed by atoms with E-state index in [9.17, 15) is 9.90 Å². The van der Waals surface area contributed by atoms with Crippen LogP contribution in [0.25, 0.3) is 0 Å². The lowest BCUT2D eigenvalue weighted by molar-refractivity contribution is -0.122. The van der Waals surface area contributed by atoms with Gasteiger partial charge in [0.2, 0.25) is 5.91 Å². The Morgan fingerprint density at radius 3 is 2.46 bits per heavy atom. The van der Waals surface area contributed by atoms with Crippen LogP contribution in [0.4, 0.5) is 0 Å². The van der Waals surface area contributed by atoms with Gasteiger partial charge in [0, 0.05) is 38.7 Å². The molecule has 0 unspecified atom stereocenters. The predicted octanol–water partition coefficient (Wildman–Crippen LogP) is 1.40. The first kappa shape index (κ1) is 19.0. The second-order valence-electron chi connectivity index (χ2n) is 7.22. The molecule has 0 bridgehead atoms. The van der Waals surface area contributed by atoms with E-state index in [1.807, 2.05) is 0 Å². The molecule has 0 atom stereocenters. The molecule has 0 saturated heterocycles. The molecule has 0 aromatic heterocycles. The summed E-state index contributed by atoms with van der Waals surface area (Å²) in [7, 11) is 0. The largest absolute Gasteiger partial charge is 0.396 e. The van der Waals surface area contributed by atoms with Gasteiger partial charge in [-0.1, -0.05) is 19.3 Å². The first-order valence-electron chi connectivity index (χ1n) is 9.60. The van der Waals surface area contributed by atoms with E-state index < -0.39 is 0 Å². The molecule has 0 aromatic carbocycles. The van der Waals surface area contributed by atoms with Gasteiger partial charge in [-0.3, -0.25) is 9.79 Å². The van der Waals surface area contributed by atoms with Crippen LogP contribution >= 0.6 is 0 Å². The molecule has 0 radical (unpaired) electrons. The van der Waals surface area contributed by atoms with Crippen molar-refractivity contribution in [1.82, 2.24) is 16.0 Å². The maximum absolute atomic E-state index is 11.6. The average molecular weight is 338 g/mol. The van der Waals surface area contributed by atoms with Crippen LogP contribution in [-0.2, 0) is 4.79 Å². The van der Waals surface area contributed by atoms with Crippen molar-refractivity contribution in [3.05, 3.63) is 0 Å². The molecule has 6 heteroatoms. The zero-order valence-electron chi connectivity index (χ0n) is 15.1. The lowest BCUT2D eigenvalue weighted by Crippen LogP contribution is -2.42. The van der Waals surface area contributed by atoms with Crippen LogP contribution in [0.2, 0.25) is 0 Å². The van der Waals surface area contributed by atoms with Crippen LogP contribution in [0.5, 0.6) is 0 Å². The smallest absolute Gasteiger partial charge is 0.223 e. The topological polar surface area (TPSA) is 85.8 Å². The normalized spacial score (nSPS) is 20.5. The number of aliphatic imine (C=N–C) groups is 1. The van der Waals surface area contributed by atoms with E-state index in [2.05, 4.69) is 22.9 Å². The molecule has 24 heavy (non-hydrogen) atoms. The summed E-state index contributed by atoms with van der Waals surface area (Å²) in [6.45, 7) is 5.17. The Balaban J connectivity index is 1.78. The van der Waals surface area contributed by atoms with E-state index in [4.69, 9.17) is 4.99 Å². The molecule has 4 N–H and O–H groups in total. The number of carbonyl (C=O) groups is 1. The first-order chi connectivity index (χ1) is 11.7. The van der Waals surface area contributed by atoms with Crippen LogP contribution in [0.15, 0.2) is 4.99 Å². The van der Waals surface area contributed by atoms with Gasteiger partial charge in [0.05, 0.1) is 0 Å². The van der Waals surface area contributed by atoms with E-state index in [1.54, 1.807) is 0 Å². The highest BCUT2D eigenvalue weighted by molar-refractivity contribution is 5.81. The average Bonchev–Trinajstić information content (AvgIpc) is 3.42. The fourth-order valence-corrected chi connectivity index (χ4v) is 3.47. The van der Waals surface area contributed by atoms with Crippen LogP contribution < -0.4 is 16.0 Å². The van der Waals surface area contributed by atoms with Crippen LogP contribution in [-0.4, -0.2) is 49.8 Å². The molecule has 0 heterocycles. The highest BCUT2D eigenvalue weighted by atomic mass is 16.3. The minimum absolute atomic E-state index is 0.162. The number of hydrogen-bond acceptors (Lipinski definition) is 3. The molecular weight excluding hydrogens is 304 g/mol. The standard InChI is InChI=1S/C18H34N4O2/c1-2-19-17(21-12-11-20-16(24)15-6-7-15)22-14-18(10-13-23)8-4-3-5-9-18/h15,23H,2-14H2,1H3,(H,20,24)(H2,19,21,22). The number of carbonyl (C=O) groups excluding carboxylic acids is 1. The SMILES string of the molecule is CCNC(=NCC1(CCO)CCCCC1)NCCNC(=O)C1CC1. The lowest BCUT2D eigenvalue weighted by Gasteiger charge is -2.35. The third-order valence-corrected chi connectivity index (χ3v) is 5.14. The Labute approximate surface area is 145 Å². The lowest BCUT2D eigenvalue weighted by atomic mass is 9.72. The molecule has 2 saturated carbocycles. The maximum atomic E-state index is 11.6. The summed E-state index contributed by atoms with van der Waals surface area (Å²) in [4.78, 5) is 16.4. The van der Waals surface area contributed by atoms with E-state index in [0.29, 0.717) is 13.1 Å². The van der Waals surface area contributed by atoms with Crippen molar-refractivity contribution in [3.63, 3.8) is 0 Å². The van der Waals surface area contributed by atoms with E-state index in [1.165, 1.54) is 19.3 Å². The fraction of sp³-hybridized carbons (Fsp3) is 0.889. The number of aliphatic hydroxyl groups excluding tert-OH is 1. The summed E-state index contributed by atoms with van der Waals surface area (Å²) >= 11 is 0. The van der Waals surface area contributed by atoms with E-state index in [-0.39, 0.29) is 23.8 Å². The van der Waals surface area contributed by atoms with Crippen LogP contribution in [0.1, 0.15) is 58.3 Å². The molecule has 2 aliphatic carbocycles. The number of hydrogen-bond donors (Lipinski definition) is 4. The highest BCUT2D eigenvalue weighted by Gasteiger charge is 2.31. The van der Waals surface area contributed by atoms with E-state index >= 15 is 0 Å². The van der Waals surface area contributed by atoms with Gasteiger partial charge in [-0.15, -0.1) is 0 Å². The quantitative estimate of drug-likeness (QED) is 0.291. The maximum Gasteiger partial charge on any atom is 0.223 e. The summed E-state index contributed by atoms with van der Waals surface area (Å²) in [5, 5.41) is 18.9. The fourth-order valence-electron chi connectivity index (χ4n) is 3.47. The zero-order chi connectivity index (χ0) is 17.3. The Kier molecular flexibility index (Phi) is 7.82. The Morgan fingerprint density at radius 1 is 1.12 bits per heavy atom. The molecule has 1 amide bonds. The molecule has 138 valence electrons. The second-order valence-corrected chi connectivity index (χ2v) is 7.22. The number of amides is 1. The van der Waals surface area contributed by atoms with Gasteiger partial charge in [0.1, 0.15) is 0 Å². The predicted molar refractivity (Wildman–Crippen MR) is 96.9 cm³/mol. The molecule has 0 aromatic rings. The van der Waals surface area contributed by atoms with Crippen molar-refractivity contribution in [2.45, 2.75) is 58.3 Å². The third-order valence-electron chi connectivity index (χ3n) is 5.14. The van der Waals surface area contributed by atoms with Crippen molar-refractivity contribution in [3.8, 4) is 0 Å². The molecule has 0 aliphatic heterocycles. The minimum atomic E-state index is 0.162. The van der Waals surface area contributed by atoms with Gasteiger partial charge in [-0.2, -0.15) is 0 Å². The third kappa shape index (κ3) is 6.30. The van der Waals surface area contributed by atoms with Crippen molar-refractivity contribution < 1.29 is 9.90 Å². The van der Waals surface area contributed by atoms with Gasteiger partial charge < -0.3 is 21.1 Å². The zero-order valence-corrected chi connectivity index (χ0v) is 15.1. The Hall–Kier alpha value is -1.30.